The molecule has 1 amide bonds. The van der Waals surface area contributed by atoms with E-state index in [-0.39, 0.29) is 11.8 Å². The Balaban J connectivity index is 2.65. The van der Waals surface area contributed by atoms with Crippen molar-refractivity contribution >= 4 is 11.9 Å². The van der Waals surface area contributed by atoms with Gasteiger partial charge >= 0.3 is 5.97 Å². The van der Waals surface area contributed by atoms with Crippen LogP contribution in [0.15, 0.2) is 0 Å². The lowest BCUT2D eigenvalue weighted by molar-refractivity contribution is -0.151. The lowest BCUT2D eigenvalue weighted by atomic mass is 9.76. The molecule has 0 spiro atoms. The summed E-state index contributed by atoms with van der Waals surface area (Å²) in [5.41, 5.74) is -0.689. The van der Waals surface area contributed by atoms with Crippen molar-refractivity contribution in [1.82, 2.24) is 9.80 Å². The molecule has 1 fully saturated rings. The number of rotatable bonds is 5. The number of carboxylic acids is 1. The molecule has 18 heavy (non-hydrogen) atoms. The van der Waals surface area contributed by atoms with Gasteiger partial charge in [-0.2, -0.15) is 0 Å². The average Bonchev–Trinajstić information content (AvgIpc) is 2.73. The van der Waals surface area contributed by atoms with Gasteiger partial charge in [0, 0.05) is 20.1 Å². The summed E-state index contributed by atoms with van der Waals surface area (Å²) < 4.78 is 0. The number of likely N-dealkylation sites (tertiary alicyclic amines) is 1. The molecule has 1 atom stereocenters. The quantitative estimate of drug-likeness (QED) is 0.794. The fraction of sp³-hybridized carbons (Fsp3) is 0.846. The number of carbonyl (C=O) groups excluding carboxylic acids is 1. The molecule has 0 aromatic rings. The topological polar surface area (TPSA) is 60.9 Å². The van der Waals surface area contributed by atoms with E-state index in [0.717, 1.165) is 0 Å². The summed E-state index contributed by atoms with van der Waals surface area (Å²) in [5, 5.41) is 9.42. The Morgan fingerprint density at radius 2 is 2.06 bits per heavy atom. The zero-order valence-corrected chi connectivity index (χ0v) is 11.8. The van der Waals surface area contributed by atoms with E-state index in [1.54, 1.807) is 11.9 Å². The fourth-order valence-corrected chi connectivity index (χ4v) is 2.43. The Hall–Kier alpha value is -1.10. The van der Waals surface area contributed by atoms with Crippen molar-refractivity contribution in [1.29, 1.82) is 0 Å². The second-order valence-corrected chi connectivity index (χ2v) is 5.48. The van der Waals surface area contributed by atoms with Crippen LogP contribution >= 0.6 is 0 Å². The summed E-state index contributed by atoms with van der Waals surface area (Å²) in [7, 11) is 1.77. The first kappa shape index (κ1) is 15.0. The molecule has 0 bridgehead atoms. The van der Waals surface area contributed by atoms with E-state index < -0.39 is 11.4 Å². The van der Waals surface area contributed by atoms with Crippen molar-refractivity contribution in [2.24, 2.45) is 11.3 Å². The number of carbonyl (C=O) groups is 2. The highest BCUT2D eigenvalue weighted by atomic mass is 16.4. The van der Waals surface area contributed by atoms with Crippen molar-refractivity contribution in [2.45, 2.75) is 27.2 Å². The fourth-order valence-electron chi connectivity index (χ4n) is 2.43. The number of carboxylic acid groups (broad SMARTS) is 1. The number of amides is 1. The van der Waals surface area contributed by atoms with Crippen LogP contribution < -0.4 is 0 Å². The molecular formula is C13H24N2O3. The summed E-state index contributed by atoms with van der Waals surface area (Å²) in [6.07, 6.45) is 0.628. The molecule has 0 saturated carbocycles. The number of likely N-dealkylation sites (N-methyl/N-ethyl adjacent to an activating group) is 1. The van der Waals surface area contributed by atoms with Gasteiger partial charge in [0.25, 0.3) is 0 Å². The molecule has 1 rings (SSSR count). The summed E-state index contributed by atoms with van der Waals surface area (Å²) in [6, 6.07) is 0. The lowest BCUT2D eigenvalue weighted by Gasteiger charge is -2.29. The van der Waals surface area contributed by atoms with E-state index >= 15 is 0 Å². The first-order chi connectivity index (χ1) is 8.33. The van der Waals surface area contributed by atoms with Crippen molar-refractivity contribution in [3.05, 3.63) is 0 Å². The van der Waals surface area contributed by atoms with Crippen LogP contribution in [0.5, 0.6) is 0 Å². The van der Waals surface area contributed by atoms with E-state index in [1.165, 1.54) is 0 Å². The van der Waals surface area contributed by atoms with Crippen molar-refractivity contribution in [3.63, 3.8) is 0 Å². The maximum absolute atomic E-state index is 11.8. The van der Waals surface area contributed by atoms with Gasteiger partial charge in [0.15, 0.2) is 0 Å². The first-order valence-corrected chi connectivity index (χ1v) is 6.53. The van der Waals surface area contributed by atoms with Crippen LogP contribution in [0, 0.1) is 11.3 Å². The van der Waals surface area contributed by atoms with Crippen LogP contribution in [0.25, 0.3) is 0 Å². The third-order valence-corrected chi connectivity index (χ3v) is 4.17. The average molecular weight is 256 g/mol. The minimum absolute atomic E-state index is 0.0578. The van der Waals surface area contributed by atoms with Gasteiger partial charge < -0.3 is 10.0 Å². The minimum atomic E-state index is -0.740. The Morgan fingerprint density at radius 1 is 1.44 bits per heavy atom. The Labute approximate surface area is 109 Å². The van der Waals surface area contributed by atoms with E-state index in [0.29, 0.717) is 32.6 Å². The van der Waals surface area contributed by atoms with Crippen LogP contribution in [0.1, 0.15) is 27.2 Å². The molecule has 1 heterocycles. The molecule has 104 valence electrons. The van der Waals surface area contributed by atoms with Gasteiger partial charge in [-0.3, -0.25) is 14.5 Å². The van der Waals surface area contributed by atoms with Crippen molar-refractivity contribution < 1.29 is 14.7 Å². The molecule has 0 aliphatic carbocycles. The lowest BCUT2D eigenvalue weighted by Crippen LogP contribution is -2.42. The highest BCUT2D eigenvalue weighted by Crippen LogP contribution is 2.37. The van der Waals surface area contributed by atoms with Gasteiger partial charge in [-0.1, -0.05) is 13.8 Å². The molecule has 0 aromatic carbocycles. The second-order valence-electron chi connectivity index (χ2n) is 5.48. The van der Waals surface area contributed by atoms with Gasteiger partial charge in [0.2, 0.25) is 5.91 Å². The number of hydrogen-bond donors (Lipinski definition) is 1. The molecule has 5 heteroatoms. The third kappa shape index (κ3) is 2.83. The zero-order valence-electron chi connectivity index (χ0n) is 11.8. The summed E-state index contributed by atoms with van der Waals surface area (Å²) >= 11 is 0. The van der Waals surface area contributed by atoms with Gasteiger partial charge in [-0.15, -0.1) is 0 Å². The monoisotopic (exact) mass is 256 g/mol. The standard InChI is InChI=1S/C13H24N2O3/c1-5-14(4)11(16)8-15-7-6-13(9-15,10(2)3)12(17)18/h10H,5-9H2,1-4H3,(H,17,18). The number of nitrogens with zero attached hydrogens (tertiary/aromatic N) is 2. The summed E-state index contributed by atoms with van der Waals surface area (Å²) in [5.74, 6) is -0.599. The second kappa shape index (κ2) is 5.69. The van der Waals surface area contributed by atoms with Crippen LogP contribution in [0.3, 0.4) is 0 Å². The molecule has 0 aromatic heterocycles. The molecular weight excluding hydrogens is 232 g/mol. The zero-order chi connectivity index (χ0) is 13.9. The van der Waals surface area contributed by atoms with Crippen LogP contribution in [-0.2, 0) is 9.59 Å². The van der Waals surface area contributed by atoms with E-state index in [1.807, 2.05) is 25.7 Å². The van der Waals surface area contributed by atoms with Crippen LogP contribution in [-0.4, -0.2) is 60.0 Å². The summed E-state index contributed by atoms with van der Waals surface area (Å²) in [4.78, 5) is 26.9. The molecule has 1 unspecified atom stereocenters. The number of hydrogen-bond acceptors (Lipinski definition) is 3. The highest BCUT2D eigenvalue weighted by molar-refractivity contribution is 5.79. The van der Waals surface area contributed by atoms with Gasteiger partial charge in [-0.25, -0.2) is 0 Å². The minimum Gasteiger partial charge on any atom is -0.481 e. The molecule has 1 aliphatic rings. The molecule has 0 radical (unpaired) electrons. The predicted octanol–water partition coefficient (Wildman–Crippen LogP) is 0.897. The maximum atomic E-state index is 11.8. The molecule has 1 saturated heterocycles. The maximum Gasteiger partial charge on any atom is 0.311 e. The third-order valence-electron chi connectivity index (χ3n) is 4.17. The Bertz CT molecular complexity index is 330. The van der Waals surface area contributed by atoms with Crippen LogP contribution in [0.4, 0.5) is 0 Å². The Kier molecular flexibility index (Phi) is 4.73. The van der Waals surface area contributed by atoms with E-state index in [9.17, 15) is 14.7 Å². The first-order valence-electron chi connectivity index (χ1n) is 6.53. The van der Waals surface area contributed by atoms with Crippen molar-refractivity contribution in [3.8, 4) is 0 Å². The normalized spacial score (nSPS) is 24.5. The predicted molar refractivity (Wildman–Crippen MR) is 69.3 cm³/mol. The van der Waals surface area contributed by atoms with E-state index in [2.05, 4.69) is 0 Å². The number of aliphatic carboxylic acids is 1. The largest absolute Gasteiger partial charge is 0.481 e. The van der Waals surface area contributed by atoms with E-state index in [4.69, 9.17) is 0 Å². The Morgan fingerprint density at radius 3 is 2.44 bits per heavy atom. The van der Waals surface area contributed by atoms with Crippen molar-refractivity contribution in [2.75, 3.05) is 33.2 Å². The SMILES string of the molecule is CCN(C)C(=O)CN1CCC(C(=O)O)(C(C)C)C1. The smallest absolute Gasteiger partial charge is 0.311 e. The van der Waals surface area contributed by atoms with Crippen LogP contribution in [0.2, 0.25) is 0 Å². The summed E-state index contributed by atoms with van der Waals surface area (Å²) in [6.45, 7) is 7.98. The van der Waals surface area contributed by atoms with Gasteiger partial charge in [-0.05, 0) is 25.8 Å². The van der Waals surface area contributed by atoms with Gasteiger partial charge in [0.1, 0.15) is 0 Å². The molecule has 5 nitrogen and oxygen atoms in total. The van der Waals surface area contributed by atoms with Gasteiger partial charge in [0.05, 0.1) is 12.0 Å². The molecule has 1 N–H and O–H groups in total. The highest BCUT2D eigenvalue weighted by Gasteiger charge is 2.47. The molecule has 1 aliphatic heterocycles.